The zero-order valence-corrected chi connectivity index (χ0v) is 16.9. The summed E-state index contributed by atoms with van der Waals surface area (Å²) in [4.78, 5) is 29.7. The summed E-state index contributed by atoms with van der Waals surface area (Å²) < 4.78 is 7.05. The molecule has 0 aliphatic carbocycles. The molecule has 3 rings (SSSR count). The molecule has 0 aliphatic rings. The van der Waals surface area contributed by atoms with Crippen LogP contribution in [0.25, 0.3) is 5.65 Å². The van der Waals surface area contributed by atoms with Crippen molar-refractivity contribution in [3.63, 3.8) is 0 Å². The third-order valence-corrected chi connectivity index (χ3v) is 4.68. The van der Waals surface area contributed by atoms with Crippen LogP contribution in [-0.4, -0.2) is 40.9 Å². The number of carbonyl (C=O) groups is 2. The molecule has 7 nitrogen and oxygen atoms in total. The van der Waals surface area contributed by atoms with Crippen molar-refractivity contribution in [3.05, 3.63) is 66.1 Å². The van der Waals surface area contributed by atoms with Crippen LogP contribution in [0.5, 0.6) is 5.75 Å². The predicted molar refractivity (Wildman–Crippen MR) is 111 cm³/mol. The van der Waals surface area contributed by atoms with E-state index in [-0.39, 0.29) is 17.7 Å². The molecule has 7 heteroatoms. The highest BCUT2D eigenvalue weighted by Gasteiger charge is 2.24. The van der Waals surface area contributed by atoms with Crippen molar-refractivity contribution in [1.82, 2.24) is 20.0 Å². The van der Waals surface area contributed by atoms with E-state index >= 15 is 0 Å². The number of methoxy groups -OCH3 is 1. The van der Waals surface area contributed by atoms with Crippen LogP contribution in [0.2, 0.25) is 0 Å². The number of fused-ring (bicyclic) bond motifs is 1. The van der Waals surface area contributed by atoms with Gasteiger partial charge in [-0.15, -0.1) is 0 Å². The fourth-order valence-electron chi connectivity index (χ4n) is 3.03. The molecule has 0 saturated heterocycles. The lowest BCUT2D eigenvalue weighted by atomic mass is 10.0. The molecule has 0 saturated carbocycles. The van der Waals surface area contributed by atoms with E-state index < -0.39 is 6.04 Å². The fraction of sp³-hybridized carbons (Fsp3) is 0.318. The molecule has 1 atom stereocenters. The molecule has 3 aromatic rings. The van der Waals surface area contributed by atoms with Crippen LogP contribution < -0.4 is 15.4 Å². The number of hydrogen-bond donors (Lipinski definition) is 2. The number of imidazole rings is 1. The molecule has 1 aromatic carbocycles. The summed E-state index contributed by atoms with van der Waals surface area (Å²) in [6, 6.07) is 12.0. The van der Waals surface area contributed by atoms with Crippen LogP contribution in [0, 0.1) is 5.92 Å². The molecular formula is C22H26N4O3. The smallest absolute Gasteiger partial charge is 0.251 e. The van der Waals surface area contributed by atoms with Gasteiger partial charge in [0.05, 0.1) is 12.8 Å². The van der Waals surface area contributed by atoms with Crippen LogP contribution in [0.15, 0.2) is 54.9 Å². The van der Waals surface area contributed by atoms with Gasteiger partial charge in [0.1, 0.15) is 17.4 Å². The topological polar surface area (TPSA) is 84.7 Å². The number of hydrogen-bond acceptors (Lipinski definition) is 4. The SMILES string of the molecule is COc1ccc(C(=O)NC(C(=O)NCCc2cn3ccccc3n2)C(C)C)cc1. The Bertz CT molecular complexity index is 946. The first kappa shape index (κ1) is 20.4. The van der Waals surface area contributed by atoms with Crippen molar-refractivity contribution in [2.75, 3.05) is 13.7 Å². The molecule has 152 valence electrons. The molecule has 2 N–H and O–H groups in total. The average Bonchev–Trinajstić information content (AvgIpc) is 3.14. The fourth-order valence-corrected chi connectivity index (χ4v) is 3.03. The Morgan fingerprint density at radius 1 is 1.14 bits per heavy atom. The normalized spacial score (nSPS) is 12.0. The summed E-state index contributed by atoms with van der Waals surface area (Å²) >= 11 is 0. The van der Waals surface area contributed by atoms with E-state index in [0.29, 0.717) is 24.3 Å². The molecule has 2 aromatic heterocycles. The molecule has 2 heterocycles. The Morgan fingerprint density at radius 2 is 1.90 bits per heavy atom. The van der Waals surface area contributed by atoms with Gasteiger partial charge in [-0.3, -0.25) is 9.59 Å². The third-order valence-electron chi connectivity index (χ3n) is 4.68. The van der Waals surface area contributed by atoms with E-state index in [9.17, 15) is 9.59 Å². The summed E-state index contributed by atoms with van der Waals surface area (Å²) in [6.07, 6.45) is 4.51. The first-order valence-corrected chi connectivity index (χ1v) is 9.63. The highest BCUT2D eigenvalue weighted by atomic mass is 16.5. The van der Waals surface area contributed by atoms with E-state index in [2.05, 4.69) is 15.6 Å². The minimum Gasteiger partial charge on any atom is -0.497 e. The van der Waals surface area contributed by atoms with E-state index in [4.69, 9.17) is 4.74 Å². The minimum atomic E-state index is -0.620. The molecule has 2 amide bonds. The number of nitrogens with zero attached hydrogens (tertiary/aromatic N) is 2. The summed E-state index contributed by atoms with van der Waals surface area (Å²) in [7, 11) is 1.57. The van der Waals surface area contributed by atoms with Gasteiger partial charge >= 0.3 is 0 Å². The highest BCUT2D eigenvalue weighted by molar-refractivity contribution is 5.97. The van der Waals surface area contributed by atoms with Crippen molar-refractivity contribution in [3.8, 4) is 5.75 Å². The van der Waals surface area contributed by atoms with Gasteiger partial charge in [-0.05, 0) is 42.3 Å². The number of ether oxygens (including phenoxy) is 1. The van der Waals surface area contributed by atoms with E-state index in [1.54, 1.807) is 31.4 Å². The number of benzene rings is 1. The molecule has 29 heavy (non-hydrogen) atoms. The predicted octanol–water partition coefficient (Wildman–Crippen LogP) is 2.46. The van der Waals surface area contributed by atoms with Crippen molar-refractivity contribution >= 4 is 17.5 Å². The van der Waals surface area contributed by atoms with Crippen LogP contribution in [0.4, 0.5) is 0 Å². The lowest BCUT2D eigenvalue weighted by molar-refractivity contribution is -0.123. The number of pyridine rings is 1. The zero-order chi connectivity index (χ0) is 20.8. The third kappa shape index (κ3) is 5.13. The molecule has 0 fully saturated rings. The second-order valence-electron chi connectivity index (χ2n) is 7.16. The number of amides is 2. The summed E-state index contributed by atoms with van der Waals surface area (Å²) in [5, 5.41) is 5.74. The van der Waals surface area contributed by atoms with Gasteiger partial charge in [0.15, 0.2) is 0 Å². The van der Waals surface area contributed by atoms with E-state index in [0.717, 1.165) is 11.3 Å². The number of carbonyl (C=O) groups excluding carboxylic acids is 2. The molecule has 0 radical (unpaired) electrons. The van der Waals surface area contributed by atoms with E-state index in [1.165, 1.54) is 0 Å². The summed E-state index contributed by atoms with van der Waals surface area (Å²) in [5.74, 6) is 0.131. The van der Waals surface area contributed by atoms with Crippen molar-refractivity contribution < 1.29 is 14.3 Å². The first-order valence-electron chi connectivity index (χ1n) is 9.63. The second-order valence-corrected chi connectivity index (χ2v) is 7.16. The van der Waals surface area contributed by atoms with Gasteiger partial charge < -0.3 is 19.8 Å². The summed E-state index contributed by atoms with van der Waals surface area (Å²) in [6.45, 7) is 4.26. The Labute approximate surface area is 170 Å². The lowest BCUT2D eigenvalue weighted by Gasteiger charge is -2.21. The Balaban J connectivity index is 1.56. The van der Waals surface area contributed by atoms with Gasteiger partial charge in [0.2, 0.25) is 5.91 Å². The van der Waals surface area contributed by atoms with Crippen LogP contribution in [0.1, 0.15) is 29.9 Å². The number of aromatic nitrogens is 2. The Hall–Kier alpha value is -3.35. The monoisotopic (exact) mass is 394 g/mol. The molecular weight excluding hydrogens is 368 g/mol. The maximum absolute atomic E-state index is 12.6. The molecule has 0 aliphatic heterocycles. The molecule has 0 bridgehead atoms. The van der Waals surface area contributed by atoms with Gasteiger partial charge in [-0.1, -0.05) is 19.9 Å². The van der Waals surface area contributed by atoms with Crippen LogP contribution in [0.3, 0.4) is 0 Å². The van der Waals surface area contributed by atoms with Gasteiger partial charge in [-0.2, -0.15) is 0 Å². The lowest BCUT2D eigenvalue weighted by Crippen LogP contribution is -2.50. The second kappa shape index (κ2) is 9.23. The van der Waals surface area contributed by atoms with Gasteiger partial charge in [0.25, 0.3) is 5.91 Å². The Kier molecular flexibility index (Phi) is 6.49. The van der Waals surface area contributed by atoms with Gasteiger partial charge in [-0.25, -0.2) is 4.98 Å². The van der Waals surface area contributed by atoms with Crippen molar-refractivity contribution in [1.29, 1.82) is 0 Å². The quantitative estimate of drug-likeness (QED) is 0.615. The maximum Gasteiger partial charge on any atom is 0.251 e. The average molecular weight is 394 g/mol. The summed E-state index contributed by atoms with van der Waals surface area (Å²) in [5.41, 5.74) is 2.26. The highest BCUT2D eigenvalue weighted by Crippen LogP contribution is 2.12. The minimum absolute atomic E-state index is 0.0487. The van der Waals surface area contributed by atoms with E-state index in [1.807, 2.05) is 48.8 Å². The zero-order valence-electron chi connectivity index (χ0n) is 16.9. The number of rotatable bonds is 8. The number of nitrogens with one attached hydrogen (secondary N) is 2. The maximum atomic E-state index is 12.6. The van der Waals surface area contributed by atoms with Crippen LogP contribution >= 0.6 is 0 Å². The van der Waals surface area contributed by atoms with Crippen LogP contribution in [-0.2, 0) is 11.2 Å². The van der Waals surface area contributed by atoms with Crippen molar-refractivity contribution in [2.24, 2.45) is 5.92 Å². The molecule has 1 unspecified atom stereocenters. The van der Waals surface area contributed by atoms with Crippen molar-refractivity contribution in [2.45, 2.75) is 26.3 Å². The van der Waals surface area contributed by atoms with Gasteiger partial charge in [0, 0.05) is 30.9 Å². The largest absolute Gasteiger partial charge is 0.497 e. The Morgan fingerprint density at radius 3 is 2.55 bits per heavy atom. The standard InChI is InChI=1S/C22H26N4O3/c1-15(2)20(25-21(27)16-7-9-18(29-3)10-8-16)22(28)23-12-11-17-14-26-13-5-4-6-19(26)24-17/h4-10,13-15,20H,11-12H2,1-3H3,(H,23,28)(H,25,27). The molecule has 0 spiro atoms. The first-order chi connectivity index (χ1) is 14.0.